The standard InChI is InChI=1S/C16H23Cl2NO2Si/c1-15(2,3)16(10-19,21-22(4,5)6)11-20-12-7-8-13(17)14(18)9-12/h7-9H,11H2,1-6H3. The van der Waals surface area contributed by atoms with E-state index in [1.807, 2.05) is 20.8 Å². The molecule has 0 saturated heterocycles. The average Bonchev–Trinajstić information content (AvgIpc) is 2.35. The quantitative estimate of drug-likeness (QED) is 0.648. The summed E-state index contributed by atoms with van der Waals surface area (Å²) in [5.74, 6) is 0.567. The predicted octanol–water partition coefficient (Wildman–Crippen LogP) is 5.53. The lowest BCUT2D eigenvalue weighted by Gasteiger charge is -2.42. The number of benzene rings is 1. The minimum atomic E-state index is -1.93. The van der Waals surface area contributed by atoms with Crippen LogP contribution in [0.3, 0.4) is 0 Å². The molecule has 22 heavy (non-hydrogen) atoms. The van der Waals surface area contributed by atoms with Crippen LogP contribution in [0.1, 0.15) is 20.8 Å². The highest BCUT2D eigenvalue weighted by Gasteiger charge is 2.47. The molecule has 0 bridgehead atoms. The summed E-state index contributed by atoms with van der Waals surface area (Å²) in [6, 6.07) is 7.38. The maximum absolute atomic E-state index is 9.77. The van der Waals surface area contributed by atoms with Crippen LogP contribution in [0.2, 0.25) is 29.7 Å². The van der Waals surface area contributed by atoms with Crippen molar-refractivity contribution in [2.75, 3.05) is 6.61 Å². The van der Waals surface area contributed by atoms with Crippen molar-refractivity contribution in [1.29, 1.82) is 5.26 Å². The predicted molar refractivity (Wildman–Crippen MR) is 94.2 cm³/mol. The van der Waals surface area contributed by atoms with Gasteiger partial charge in [-0.15, -0.1) is 0 Å². The molecule has 1 unspecified atom stereocenters. The van der Waals surface area contributed by atoms with E-state index in [-0.39, 0.29) is 6.61 Å². The van der Waals surface area contributed by atoms with Gasteiger partial charge in [-0.25, -0.2) is 0 Å². The van der Waals surface area contributed by atoms with Crippen LogP contribution in [0.5, 0.6) is 5.75 Å². The molecule has 0 spiro atoms. The number of halogens is 2. The largest absolute Gasteiger partial charge is 0.489 e. The zero-order valence-corrected chi connectivity index (χ0v) is 16.5. The highest BCUT2D eigenvalue weighted by atomic mass is 35.5. The van der Waals surface area contributed by atoms with Crippen molar-refractivity contribution in [1.82, 2.24) is 0 Å². The van der Waals surface area contributed by atoms with Gasteiger partial charge < -0.3 is 9.16 Å². The fourth-order valence-electron chi connectivity index (χ4n) is 1.90. The molecule has 122 valence electrons. The average molecular weight is 360 g/mol. The number of hydrogen-bond donors (Lipinski definition) is 0. The van der Waals surface area contributed by atoms with Gasteiger partial charge in [0, 0.05) is 11.5 Å². The molecule has 1 rings (SSSR count). The van der Waals surface area contributed by atoms with Gasteiger partial charge in [-0.3, -0.25) is 0 Å². The van der Waals surface area contributed by atoms with E-state index in [2.05, 4.69) is 25.7 Å². The first-order chi connectivity index (χ1) is 9.90. The van der Waals surface area contributed by atoms with Gasteiger partial charge in [0.2, 0.25) is 0 Å². The van der Waals surface area contributed by atoms with Crippen molar-refractivity contribution < 1.29 is 9.16 Å². The Morgan fingerprint density at radius 3 is 2.14 bits per heavy atom. The summed E-state index contributed by atoms with van der Waals surface area (Å²) in [4.78, 5) is 0. The molecule has 0 saturated carbocycles. The third kappa shape index (κ3) is 4.89. The SMILES string of the molecule is CC(C)(C)C(C#N)(COc1ccc(Cl)c(Cl)c1)O[Si](C)(C)C. The number of hydrogen-bond acceptors (Lipinski definition) is 3. The third-order valence-electron chi connectivity index (χ3n) is 3.21. The normalized spacial score (nSPS) is 15.0. The number of ether oxygens (including phenoxy) is 1. The van der Waals surface area contributed by atoms with E-state index >= 15 is 0 Å². The maximum Gasteiger partial charge on any atom is 0.186 e. The molecule has 0 aliphatic carbocycles. The lowest BCUT2D eigenvalue weighted by Crippen LogP contribution is -2.54. The minimum Gasteiger partial charge on any atom is -0.489 e. The molecule has 0 fully saturated rings. The second kappa shape index (κ2) is 6.80. The fourth-order valence-corrected chi connectivity index (χ4v) is 3.64. The topological polar surface area (TPSA) is 42.2 Å². The van der Waals surface area contributed by atoms with E-state index < -0.39 is 19.3 Å². The summed E-state index contributed by atoms with van der Waals surface area (Å²) in [6.07, 6.45) is 0. The summed E-state index contributed by atoms with van der Waals surface area (Å²) in [5, 5.41) is 10.7. The Bertz CT molecular complexity index is 573. The molecular weight excluding hydrogens is 337 g/mol. The highest BCUT2D eigenvalue weighted by molar-refractivity contribution is 6.69. The molecule has 6 heteroatoms. The van der Waals surface area contributed by atoms with Crippen LogP contribution in [-0.2, 0) is 4.43 Å². The molecule has 1 aromatic rings. The van der Waals surface area contributed by atoms with E-state index in [4.69, 9.17) is 32.4 Å². The first-order valence-corrected chi connectivity index (χ1v) is 11.3. The molecular formula is C16H23Cl2NO2Si. The Morgan fingerprint density at radius 1 is 1.14 bits per heavy atom. The van der Waals surface area contributed by atoms with Crippen LogP contribution >= 0.6 is 23.2 Å². The Morgan fingerprint density at radius 2 is 1.73 bits per heavy atom. The highest BCUT2D eigenvalue weighted by Crippen LogP contribution is 2.37. The summed E-state index contributed by atoms with van der Waals surface area (Å²) in [7, 11) is -1.93. The van der Waals surface area contributed by atoms with Gasteiger partial charge in [0.15, 0.2) is 13.9 Å². The monoisotopic (exact) mass is 359 g/mol. The summed E-state index contributed by atoms with van der Waals surface area (Å²) >= 11 is 11.9. The minimum absolute atomic E-state index is 0.134. The molecule has 0 aliphatic heterocycles. The summed E-state index contributed by atoms with van der Waals surface area (Å²) in [6.45, 7) is 12.3. The summed E-state index contributed by atoms with van der Waals surface area (Å²) in [5.41, 5.74) is -1.41. The van der Waals surface area contributed by atoms with Crippen molar-refractivity contribution >= 4 is 31.5 Å². The third-order valence-corrected chi connectivity index (χ3v) is 4.91. The van der Waals surface area contributed by atoms with Crippen LogP contribution in [0.25, 0.3) is 0 Å². The van der Waals surface area contributed by atoms with Gasteiger partial charge in [0.25, 0.3) is 0 Å². The van der Waals surface area contributed by atoms with Gasteiger partial charge in [0.1, 0.15) is 18.4 Å². The van der Waals surface area contributed by atoms with Crippen LogP contribution in [0.15, 0.2) is 18.2 Å². The van der Waals surface area contributed by atoms with Crippen molar-refractivity contribution in [3.05, 3.63) is 28.2 Å². The molecule has 3 nitrogen and oxygen atoms in total. The van der Waals surface area contributed by atoms with Gasteiger partial charge in [0.05, 0.1) is 10.0 Å². The van der Waals surface area contributed by atoms with Crippen molar-refractivity contribution in [2.24, 2.45) is 5.41 Å². The Kier molecular flexibility index (Phi) is 5.97. The number of nitrogens with zero attached hydrogens (tertiary/aromatic N) is 1. The molecule has 0 amide bonds. The zero-order valence-electron chi connectivity index (χ0n) is 14.0. The van der Waals surface area contributed by atoms with E-state index in [9.17, 15) is 5.26 Å². The Hall–Kier alpha value is -0.733. The molecule has 0 N–H and O–H groups in total. The first-order valence-electron chi connectivity index (χ1n) is 7.09. The van der Waals surface area contributed by atoms with Crippen LogP contribution < -0.4 is 4.74 Å². The Balaban J connectivity index is 3.04. The lowest BCUT2D eigenvalue weighted by atomic mass is 9.78. The maximum atomic E-state index is 9.77. The zero-order chi connectivity index (χ0) is 17.2. The smallest absolute Gasteiger partial charge is 0.186 e. The number of rotatable bonds is 5. The van der Waals surface area contributed by atoms with Crippen molar-refractivity contribution in [3.63, 3.8) is 0 Å². The number of nitriles is 1. The Labute approximate surface area is 144 Å². The fraction of sp³-hybridized carbons (Fsp3) is 0.562. The van der Waals surface area contributed by atoms with Gasteiger partial charge in [-0.2, -0.15) is 5.26 Å². The van der Waals surface area contributed by atoms with E-state index in [1.165, 1.54) is 0 Å². The van der Waals surface area contributed by atoms with Gasteiger partial charge in [-0.05, 0) is 31.8 Å². The second-order valence-electron chi connectivity index (χ2n) is 7.27. The molecule has 1 atom stereocenters. The van der Waals surface area contributed by atoms with Crippen molar-refractivity contribution in [2.45, 2.75) is 46.0 Å². The molecule has 0 aliphatic rings. The van der Waals surface area contributed by atoms with E-state index in [0.717, 1.165) is 0 Å². The van der Waals surface area contributed by atoms with E-state index in [0.29, 0.717) is 15.8 Å². The van der Waals surface area contributed by atoms with Crippen LogP contribution in [-0.4, -0.2) is 20.5 Å². The molecule has 0 radical (unpaired) electrons. The molecule has 1 aromatic carbocycles. The van der Waals surface area contributed by atoms with E-state index in [1.54, 1.807) is 18.2 Å². The first kappa shape index (κ1) is 19.3. The lowest BCUT2D eigenvalue weighted by molar-refractivity contribution is -0.0257. The van der Waals surface area contributed by atoms with Crippen LogP contribution in [0, 0.1) is 16.7 Å². The van der Waals surface area contributed by atoms with Gasteiger partial charge >= 0.3 is 0 Å². The summed E-state index contributed by atoms with van der Waals surface area (Å²) < 4.78 is 12.0. The van der Waals surface area contributed by atoms with Crippen molar-refractivity contribution in [3.8, 4) is 11.8 Å². The molecule has 0 aromatic heterocycles. The second-order valence-corrected chi connectivity index (χ2v) is 12.5. The van der Waals surface area contributed by atoms with Crippen LogP contribution in [0.4, 0.5) is 0 Å². The molecule has 0 heterocycles. The van der Waals surface area contributed by atoms with Gasteiger partial charge in [-0.1, -0.05) is 44.0 Å².